The predicted octanol–water partition coefficient (Wildman–Crippen LogP) is 3.00. The second-order valence-corrected chi connectivity index (χ2v) is 7.14. The minimum atomic E-state index is -3.40. The van der Waals surface area contributed by atoms with Crippen molar-refractivity contribution < 1.29 is 8.42 Å². The Kier molecular flexibility index (Phi) is 6.70. The second-order valence-electron chi connectivity index (χ2n) is 3.96. The highest BCUT2D eigenvalue weighted by Crippen LogP contribution is 2.14. The van der Waals surface area contributed by atoms with Crippen LogP contribution in [0.4, 0.5) is 0 Å². The molecule has 3 nitrogen and oxygen atoms in total. The van der Waals surface area contributed by atoms with E-state index in [2.05, 4.69) is 20.7 Å². The predicted molar refractivity (Wildman–Crippen MR) is 81.9 cm³/mol. The van der Waals surface area contributed by atoms with Gasteiger partial charge in [0.1, 0.15) is 0 Å². The summed E-state index contributed by atoms with van der Waals surface area (Å²) in [7, 11) is -3.40. The van der Waals surface area contributed by atoms with Gasteiger partial charge in [0.05, 0.1) is 4.90 Å². The van der Waals surface area contributed by atoms with E-state index in [1.165, 1.54) is 0 Å². The fourth-order valence-corrected chi connectivity index (χ4v) is 4.00. The summed E-state index contributed by atoms with van der Waals surface area (Å²) in [4.78, 5) is 0.326. The van der Waals surface area contributed by atoms with Crippen LogP contribution in [-0.2, 0) is 15.4 Å². The van der Waals surface area contributed by atoms with Gasteiger partial charge in [-0.15, -0.1) is 0 Å². The lowest BCUT2D eigenvalue weighted by atomic mass is 10.2. The van der Waals surface area contributed by atoms with Gasteiger partial charge in [0.15, 0.2) is 0 Å². The number of hydrogen-bond donors (Lipinski definition) is 1. The fraction of sp³-hybridized carbons (Fsp3) is 0.500. The van der Waals surface area contributed by atoms with E-state index in [4.69, 9.17) is 0 Å². The highest BCUT2D eigenvalue weighted by Gasteiger charge is 2.18. The van der Waals surface area contributed by atoms with Crippen molar-refractivity contribution in [1.29, 1.82) is 0 Å². The molecule has 0 fully saturated rings. The van der Waals surface area contributed by atoms with E-state index in [1.54, 1.807) is 23.9 Å². The van der Waals surface area contributed by atoms with Crippen molar-refractivity contribution in [3.63, 3.8) is 0 Å². The molecule has 1 rings (SSSR count). The monoisotopic (exact) mass is 351 g/mol. The lowest BCUT2D eigenvalue weighted by Crippen LogP contribution is -2.36. The van der Waals surface area contributed by atoms with Gasteiger partial charge in [-0.3, -0.25) is 0 Å². The van der Waals surface area contributed by atoms with Crippen LogP contribution in [-0.4, -0.2) is 26.5 Å². The van der Waals surface area contributed by atoms with Crippen molar-refractivity contribution in [2.75, 3.05) is 12.0 Å². The molecule has 0 aliphatic heterocycles. The zero-order chi connectivity index (χ0) is 13.6. The molecule has 0 aromatic heterocycles. The third-order valence-corrected chi connectivity index (χ3v) is 5.49. The van der Waals surface area contributed by atoms with E-state index in [0.717, 1.165) is 23.1 Å². The zero-order valence-electron chi connectivity index (χ0n) is 10.5. The molecule has 0 radical (unpaired) electrons. The van der Waals surface area contributed by atoms with Crippen LogP contribution in [0.1, 0.15) is 18.9 Å². The molecule has 0 saturated heterocycles. The summed E-state index contributed by atoms with van der Waals surface area (Å²) in [5.41, 5.74) is 1.06. The Balaban J connectivity index is 2.84. The standard InChI is InChI=1S/C12H18BrNO2S2/c1-3-11(9-17-2)14-18(15,16)12-6-4-10(8-13)5-7-12/h4-7,11,14H,3,8-9H2,1-2H3. The first-order valence-electron chi connectivity index (χ1n) is 5.69. The maximum atomic E-state index is 12.1. The molecule has 0 bridgehead atoms. The van der Waals surface area contributed by atoms with Gasteiger partial charge in [0.25, 0.3) is 0 Å². The Hall–Kier alpha value is -0.0400. The molecule has 18 heavy (non-hydrogen) atoms. The minimum Gasteiger partial charge on any atom is -0.207 e. The Labute approximate surface area is 122 Å². The Morgan fingerprint density at radius 2 is 1.94 bits per heavy atom. The van der Waals surface area contributed by atoms with E-state index in [-0.39, 0.29) is 6.04 Å². The van der Waals surface area contributed by atoms with Crippen LogP contribution in [0.15, 0.2) is 29.2 Å². The number of hydrogen-bond acceptors (Lipinski definition) is 3. The van der Waals surface area contributed by atoms with Gasteiger partial charge in [-0.1, -0.05) is 35.0 Å². The van der Waals surface area contributed by atoms with E-state index in [9.17, 15) is 8.42 Å². The van der Waals surface area contributed by atoms with Crippen LogP contribution in [0.25, 0.3) is 0 Å². The Morgan fingerprint density at radius 1 is 1.33 bits per heavy atom. The molecular formula is C12H18BrNO2S2. The number of sulfonamides is 1. The van der Waals surface area contributed by atoms with Crippen LogP contribution in [0.3, 0.4) is 0 Å². The molecule has 0 aliphatic carbocycles. The Bertz CT molecular complexity index is 459. The molecule has 0 heterocycles. The highest BCUT2D eigenvalue weighted by molar-refractivity contribution is 9.08. The van der Waals surface area contributed by atoms with E-state index in [0.29, 0.717) is 4.90 Å². The average Bonchev–Trinajstić information content (AvgIpc) is 2.38. The van der Waals surface area contributed by atoms with E-state index in [1.807, 2.05) is 25.3 Å². The second kappa shape index (κ2) is 7.53. The van der Waals surface area contributed by atoms with Gasteiger partial charge < -0.3 is 0 Å². The van der Waals surface area contributed by atoms with Gasteiger partial charge in [0, 0.05) is 17.1 Å². The van der Waals surface area contributed by atoms with Crippen LogP contribution in [0.2, 0.25) is 0 Å². The molecule has 0 spiro atoms. The largest absolute Gasteiger partial charge is 0.240 e. The number of benzene rings is 1. The van der Waals surface area contributed by atoms with Crippen LogP contribution < -0.4 is 4.72 Å². The first-order chi connectivity index (χ1) is 8.53. The Morgan fingerprint density at radius 3 is 2.39 bits per heavy atom. The maximum absolute atomic E-state index is 12.1. The summed E-state index contributed by atoms with van der Waals surface area (Å²) < 4.78 is 27.0. The SMILES string of the molecule is CCC(CSC)NS(=O)(=O)c1ccc(CBr)cc1. The van der Waals surface area contributed by atoms with Gasteiger partial charge in [0.2, 0.25) is 10.0 Å². The van der Waals surface area contributed by atoms with Crippen molar-refractivity contribution in [3.05, 3.63) is 29.8 Å². The molecule has 102 valence electrons. The van der Waals surface area contributed by atoms with Crippen molar-refractivity contribution in [1.82, 2.24) is 4.72 Å². The first kappa shape index (κ1) is 16.0. The quantitative estimate of drug-likeness (QED) is 0.768. The number of nitrogens with one attached hydrogen (secondary N) is 1. The highest BCUT2D eigenvalue weighted by atomic mass is 79.9. The van der Waals surface area contributed by atoms with Gasteiger partial charge in [-0.25, -0.2) is 13.1 Å². The lowest BCUT2D eigenvalue weighted by Gasteiger charge is -2.16. The van der Waals surface area contributed by atoms with Crippen LogP contribution >= 0.6 is 27.7 Å². The molecule has 1 aromatic rings. The normalized spacial score (nSPS) is 13.5. The summed E-state index contributed by atoms with van der Waals surface area (Å²) in [5, 5.41) is 0.727. The molecular weight excluding hydrogens is 334 g/mol. The van der Waals surface area contributed by atoms with Gasteiger partial charge in [-0.2, -0.15) is 11.8 Å². The molecule has 0 amide bonds. The van der Waals surface area contributed by atoms with Gasteiger partial charge >= 0.3 is 0 Å². The van der Waals surface area contributed by atoms with Crippen molar-refractivity contribution in [2.45, 2.75) is 29.6 Å². The number of alkyl halides is 1. The van der Waals surface area contributed by atoms with Crippen molar-refractivity contribution in [2.24, 2.45) is 0 Å². The molecule has 1 N–H and O–H groups in total. The summed E-state index contributed by atoms with van der Waals surface area (Å²) in [6.07, 6.45) is 2.77. The molecule has 1 unspecified atom stereocenters. The van der Waals surface area contributed by atoms with E-state index >= 15 is 0 Å². The molecule has 6 heteroatoms. The number of thioether (sulfide) groups is 1. The molecule has 1 aromatic carbocycles. The number of halogens is 1. The number of rotatable bonds is 7. The van der Waals surface area contributed by atoms with Crippen LogP contribution in [0, 0.1) is 0 Å². The molecule has 1 atom stereocenters. The average molecular weight is 352 g/mol. The molecule has 0 saturated carbocycles. The minimum absolute atomic E-state index is 0.0131. The first-order valence-corrected chi connectivity index (χ1v) is 9.69. The topological polar surface area (TPSA) is 46.2 Å². The third kappa shape index (κ3) is 4.57. The van der Waals surface area contributed by atoms with Crippen LogP contribution in [0.5, 0.6) is 0 Å². The smallest absolute Gasteiger partial charge is 0.207 e. The van der Waals surface area contributed by atoms with E-state index < -0.39 is 10.0 Å². The maximum Gasteiger partial charge on any atom is 0.240 e. The summed E-state index contributed by atoms with van der Waals surface area (Å²) >= 11 is 4.98. The fourth-order valence-electron chi connectivity index (χ4n) is 1.48. The van der Waals surface area contributed by atoms with Crippen molar-refractivity contribution >= 4 is 37.7 Å². The lowest BCUT2D eigenvalue weighted by molar-refractivity contribution is 0.558. The zero-order valence-corrected chi connectivity index (χ0v) is 13.7. The third-order valence-electron chi connectivity index (χ3n) is 2.57. The summed E-state index contributed by atoms with van der Waals surface area (Å²) in [6.45, 7) is 1.98. The van der Waals surface area contributed by atoms with Gasteiger partial charge in [-0.05, 0) is 30.4 Å². The molecule has 0 aliphatic rings. The van der Waals surface area contributed by atoms with Crippen molar-refractivity contribution in [3.8, 4) is 0 Å². The summed E-state index contributed by atoms with van der Waals surface area (Å²) in [6, 6.07) is 6.91. The summed E-state index contributed by atoms with van der Waals surface area (Å²) in [5.74, 6) is 0.787.